The van der Waals surface area contributed by atoms with Crippen LogP contribution in [0.3, 0.4) is 0 Å². The third kappa shape index (κ3) is 4.82. The van der Waals surface area contributed by atoms with E-state index < -0.39 is 0 Å². The molecular weight excluding hydrogens is 288 g/mol. The molecule has 0 bridgehead atoms. The maximum Gasteiger partial charge on any atom is 0.409 e. The highest BCUT2D eigenvalue weighted by Gasteiger charge is 2.21. The second-order valence-corrected chi connectivity index (χ2v) is 5.98. The zero-order valence-electron chi connectivity index (χ0n) is 12.4. The number of thiophene rings is 1. The van der Waals surface area contributed by atoms with Crippen LogP contribution in [0.2, 0.25) is 0 Å². The Morgan fingerprint density at radius 3 is 2.67 bits per heavy atom. The molecule has 116 valence electrons. The Morgan fingerprint density at radius 1 is 1.29 bits per heavy atom. The monoisotopic (exact) mass is 310 g/mol. The largest absolute Gasteiger partial charge is 0.450 e. The number of ether oxygens (including phenoxy) is 1. The number of hydrogen-bond acceptors (Lipinski definition) is 5. The van der Waals surface area contributed by atoms with E-state index in [1.807, 2.05) is 24.4 Å². The van der Waals surface area contributed by atoms with Crippen LogP contribution in [0.25, 0.3) is 0 Å². The average Bonchev–Trinajstić information content (AvgIpc) is 3.02. The molecule has 2 heterocycles. The predicted molar refractivity (Wildman–Crippen MR) is 82.9 cm³/mol. The molecule has 0 aromatic carbocycles. The summed E-state index contributed by atoms with van der Waals surface area (Å²) in [5.74, 6) is 0.232. The fourth-order valence-corrected chi connectivity index (χ4v) is 3.09. The third-order valence-corrected chi connectivity index (χ3v) is 4.48. The maximum atomic E-state index is 11.9. The van der Waals surface area contributed by atoms with E-state index in [4.69, 9.17) is 4.74 Å². The van der Waals surface area contributed by atoms with Crippen LogP contribution < -0.4 is 0 Å². The van der Waals surface area contributed by atoms with Crippen molar-refractivity contribution in [1.29, 1.82) is 0 Å². The number of hydrogen-bond donors (Lipinski definition) is 0. The van der Waals surface area contributed by atoms with Gasteiger partial charge in [-0.3, -0.25) is 9.69 Å². The predicted octanol–water partition coefficient (Wildman–Crippen LogP) is 2.49. The quantitative estimate of drug-likeness (QED) is 0.758. The first kappa shape index (κ1) is 16.0. The van der Waals surface area contributed by atoms with E-state index in [1.165, 1.54) is 11.3 Å². The number of amides is 1. The first-order valence-corrected chi connectivity index (χ1v) is 8.29. The van der Waals surface area contributed by atoms with Gasteiger partial charge < -0.3 is 9.64 Å². The van der Waals surface area contributed by atoms with Gasteiger partial charge >= 0.3 is 6.09 Å². The summed E-state index contributed by atoms with van der Waals surface area (Å²) < 4.78 is 5.00. The minimum absolute atomic E-state index is 0.218. The van der Waals surface area contributed by atoms with Crippen molar-refractivity contribution in [2.75, 3.05) is 39.3 Å². The molecule has 1 aromatic heterocycles. The van der Waals surface area contributed by atoms with Crippen molar-refractivity contribution in [3.63, 3.8) is 0 Å². The van der Waals surface area contributed by atoms with Gasteiger partial charge in [-0.15, -0.1) is 11.3 Å². The lowest BCUT2D eigenvalue weighted by Gasteiger charge is -2.33. The zero-order chi connectivity index (χ0) is 15.1. The number of rotatable bonds is 6. The van der Waals surface area contributed by atoms with Crippen LogP contribution in [-0.2, 0) is 4.74 Å². The van der Waals surface area contributed by atoms with Crippen LogP contribution in [0, 0.1) is 0 Å². The van der Waals surface area contributed by atoms with Gasteiger partial charge in [0, 0.05) is 32.6 Å². The molecule has 0 radical (unpaired) electrons. The van der Waals surface area contributed by atoms with E-state index in [-0.39, 0.29) is 11.9 Å². The lowest BCUT2D eigenvalue weighted by Crippen LogP contribution is -2.49. The first-order chi connectivity index (χ1) is 10.2. The van der Waals surface area contributed by atoms with Crippen LogP contribution in [0.1, 0.15) is 29.4 Å². The van der Waals surface area contributed by atoms with Gasteiger partial charge in [-0.05, 0) is 31.3 Å². The smallest absolute Gasteiger partial charge is 0.409 e. The molecule has 1 saturated heterocycles. The van der Waals surface area contributed by atoms with Crippen molar-refractivity contribution in [1.82, 2.24) is 9.80 Å². The fourth-order valence-electron chi connectivity index (χ4n) is 2.39. The Morgan fingerprint density at radius 2 is 2.05 bits per heavy atom. The lowest BCUT2D eigenvalue weighted by molar-refractivity contribution is 0.0788. The molecule has 0 spiro atoms. The van der Waals surface area contributed by atoms with Crippen molar-refractivity contribution in [3.05, 3.63) is 22.4 Å². The Labute approximate surface area is 129 Å². The van der Waals surface area contributed by atoms with Crippen molar-refractivity contribution >= 4 is 23.2 Å². The average molecular weight is 310 g/mol. The molecule has 0 atom stereocenters. The minimum atomic E-state index is -0.218. The topological polar surface area (TPSA) is 49.9 Å². The molecule has 0 saturated carbocycles. The SMILES string of the molecule is CCOC(=O)N1CCN(CCCC(=O)c2cccs2)CC1. The van der Waals surface area contributed by atoms with Gasteiger partial charge in [0.1, 0.15) is 0 Å². The first-order valence-electron chi connectivity index (χ1n) is 7.41. The molecule has 1 aromatic rings. The van der Waals surface area contributed by atoms with Gasteiger partial charge in [-0.2, -0.15) is 0 Å². The van der Waals surface area contributed by atoms with Gasteiger partial charge in [0.05, 0.1) is 11.5 Å². The third-order valence-electron chi connectivity index (χ3n) is 3.57. The molecule has 0 unspecified atom stereocenters. The Balaban J connectivity index is 1.63. The van der Waals surface area contributed by atoms with Crippen molar-refractivity contribution < 1.29 is 14.3 Å². The normalized spacial score (nSPS) is 16.0. The summed E-state index contributed by atoms with van der Waals surface area (Å²) >= 11 is 1.50. The second-order valence-electron chi connectivity index (χ2n) is 5.03. The van der Waals surface area contributed by atoms with Gasteiger partial charge in [0.2, 0.25) is 0 Å². The van der Waals surface area contributed by atoms with Crippen LogP contribution in [0.15, 0.2) is 17.5 Å². The second kappa shape index (κ2) is 8.14. The van der Waals surface area contributed by atoms with Gasteiger partial charge in [0.25, 0.3) is 0 Å². The number of carbonyl (C=O) groups excluding carboxylic acids is 2. The van der Waals surface area contributed by atoms with E-state index in [2.05, 4.69) is 4.90 Å². The van der Waals surface area contributed by atoms with E-state index >= 15 is 0 Å². The molecule has 21 heavy (non-hydrogen) atoms. The molecule has 1 aliphatic heterocycles. The summed E-state index contributed by atoms with van der Waals surface area (Å²) in [5, 5.41) is 1.93. The Bertz CT molecular complexity index is 453. The van der Waals surface area contributed by atoms with E-state index in [0.717, 1.165) is 30.9 Å². The van der Waals surface area contributed by atoms with Crippen LogP contribution >= 0.6 is 11.3 Å². The lowest BCUT2D eigenvalue weighted by atomic mass is 10.2. The van der Waals surface area contributed by atoms with Crippen LogP contribution in [0.4, 0.5) is 4.79 Å². The van der Waals surface area contributed by atoms with Crippen LogP contribution in [0.5, 0.6) is 0 Å². The molecule has 1 aliphatic rings. The maximum absolute atomic E-state index is 11.9. The van der Waals surface area contributed by atoms with E-state index in [1.54, 1.807) is 4.90 Å². The van der Waals surface area contributed by atoms with Crippen molar-refractivity contribution in [2.24, 2.45) is 0 Å². The molecule has 1 amide bonds. The minimum Gasteiger partial charge on any atom is -0.450 e. The Kier molecular flexibility index (Phi) is 6.20. The van der Waals surface area contributed by atoms with Crippen molar-refractivity contribution in [2.45, 2.75) is 19.8 Å². The summed E-state index contributed by atoms with van der Waals surface area (Å²) in [6.07, 6.45) is 1.25. The van der Waals surface area contributed by atoms with Gasteiger partial charge in [-0.25, -0.2) is 4.79 Å². The van der Waals surface area contributed by atoms with Crippen molar-refractivity contribution in [3.8, 4) is 0 Å². The molecular formula is C15H22N2O3S. The molecule has 2 rings (SSSR count). The number of nitrogens with zero attached hydrogens (tertiary/aromatic N) is 2. The zero-order valence-corrected chi connectivity index (χ0v) is 13.2. The summed E-state index contributed by atoms with van der Waals surface area (Å²) in [5.41, 5.74) is 0. The molecule has 6 heteroatoms. The van der Waals surface area contributed by atoms with E-state index in [0.29, 0.717) is 26.1 Å². The highest BCUT2D eigenvalue weighted by Crippen LogP contribution is 2.13. The van der Waals surface area contributed by atoms with Crippen LogP contribution in [-0.4, -0.2) is 61.0 Å². The number of carbonyl (C=O) groups is 2. The molecule has 0 aliphatic carbocycles. The highest BCUT2D eigenvalue weighted by atomic mass is 32.1. The molecule has 5 nitrogen and oxygen atoms in total. The summed E-state index contributed by atoms with van der Waals surface area (Å²) in [4.78, 5) is 28.4. The highest BCUT2D eigenvalue weighted by molar-refractivity contribution is 7.12. The summed E-state index contributed by atoms with van der Waals surface area (Å²) in [6.45, 7) is 6.27. The summed E-state index contributed by atoms with van der Waals surface area (Å²) in [7, 11) is 0. The van der Waals surface area contributed by atoms with Gasteiger partial charge in [0.15, 0.2) is 5.78 Å². The summed E-state index contributed by atoms with van der Waals surface area (Å²) in [6, 6.07) is 3.79. The standard InChI is InChI=1S/C15H22N2O3S/c1-2-20-15(19)17-10-8-16(9-11-17)7-3-5-13(18)14-6-4-12-21-14/h4,6,12H,2-3,5,7-11H2,1H3. The number of piperazine rings is 1. The number of Topliss-reactive ketones (excluding diaryl/α,β-unsaturated/α-hetero) is 1. The molecule has 1 fully saturated rings. The fraction of sp³-hybridized carbons (Fsp3) is 0.600. The number of ketones is 1. The molecule has 0 N–H and O–H groups in total. The Hall–Kier alpha value is -1.40. The van der Waals surface area contributed by atoms with E-state index in [9.17, 15) is 9.59 Å². The van der Waals surface area contributed by atoms with Gasteiger partial charge in [-0.1, -0.05) is 6.07 Å².